The zero-order valence-electron chi connectivity index (χ0n) is 24.4. The predicted molar refractivity (Wildman–Crippen MR) is 178 cm³/mol. The summed E-state index contributed by atoms with van der Waals surface area (Å²) in [7, 11) is 0. The van der Waals surface area contributed by atoms with E-state index in [1.807, 2.05) is 6.20 Å². The fourth-order valence-corrected chi connectivity index (χ4v) is 5.96. The molecule has 0 bridgehead atoms. The summed E-state index contributed by atoms with van der Waals surface area (Å²) in [6, 6.07) is 41.4. The van der Waals surface area contributed by atoms with Gasteiger partial charge in [-0.15, -0.1) is 0 Å². The van der Waals surface area contributed by atoms with Gasteiger partial charge in [-0.25, -0.2) is 4.98 Å². The van der Waals surface area contributed by atoms with E-state index in [1.54, 1.807) is 0 Å². The average Bonchev–Trinajstić information content (AvgIpc) is 3.05. The highest BCUT2D eigenvalue weighted by molar-refractivity contribution is 6.06. The van der Waals surface area contributed by atoms with Gasteiger partial charge in [0, 0.05) is 22.5 Å². The van der Waals surface area contributed by atoms with E-state index in [9.17, 15) is 0 Å². The van der Waals surface area contributed by atoms with Crippen molar-refractivity contribution in [3.8, 4) is 44.6 Å². The van der Waals surface area contributed by atoms with E-state index in [-0.39, 0.29) is 0 Å². The van der Waals surface area contributed by atoms with E-state index in [4.69, 9.17) is 9.97 Å². The Hall–Kier alpha value is -5.08. The van der Waals surface area contributed by atoms with Gasteiger partial charge in [0.1, 0.15) is 0 Å². The van der Waals surface area contributed by atoms with Gasteiger partial charge in [-0.3, -0.25) is 4.98 Å². The van der Waals surface area contributed by atoms with Crippen LogP contribution in [-0.4, -0.2) is 9.97 Å². The van der Waals surface area contributed by atoms with Crippen molar-refractivity contribution in [2.45, 2.75) is 27.7 Å². The van der Waals surface area contributed by atoms with Crippen LogP contribution in [0.5, 0.6) is 0 Å². The zero-order valence-corrected chi connectivity index (χ0v) is 24.4. The van der Waals surface area contributed by atoms with Gasteiger partial charge in [-0.05, 0) is 95.5 Å². The second-order valence-corrected chi connectivity index (χ2v) is 11.2. The van der Waals surface area contributed by atoms with Crippen molar-refractivity contribution in [1.82, 2.24) is 9.97 Å². The Bertz CT molecular complexity index is 2110. The molecule has 0 aliphatic carbocycles. The summed E-state index contributed by atoms with van der Waals surface area (Å²) in [5.41, 5.74) is 16.3. The Morgan fingerprint density at radius 1 is 0.405 bits per heavy atom. The maximum Gasteiger partial charge on any atom is 0.0975 e. The van der Waals surface area contributed by atoms with E-state index < -0.39 is 0 Å². The van der Waals surface area contributed by atoms with Crippen LogP contribution in [0.15, 0.2) is 121 Å². The van der Waals surface area contributed by atoms with Gasteiger partial charge in [0.25, 0.3) is 0 Å². The molecule has 0 aliphatic rings. The van der Waals surface area contributed by atoms with Gasteiger partial charge < -0.3 is 0 Å². The molecule has 7 aromatic rings. The number of aromatic nitrogens is 2. The highest BCUT2D eigenvalue weighted by Crippen LogP contribution is 2.35. The Kier molecular flexibility index (Phi) is 6.40. The number of hydrogen-bond donors (Lipinski definition) is 0. The molecule has 0 radical (unpaired) electrons. The molecule has 0 saturated heterocycles. The van der Waals surface area contributed by atoms with Crippen LogP contribution in [0.25, 0.3) is 66.4 Å². The molecule has 2 nitrogen and oxygen atoms in total. The quantitative estimate of drug-likeness (QED) is 0.208. The molecule has 0 atom stereocenters. The summed E-state index contributed by atoms with van der Waals surface area (Å²) in [6.45, 7) is 8.66. The van der Waals surface area contributed by atoms with Crippen LogP contribution in [0.2, 0.25) is 0 Å². The Morgan fingerprint density at radius 3 is 1.52 bits per heavy atom. The topological polar surface area (TPSA) is 25.8 Å². The first-order chi connectivity index (χ1) is 20.5. The van der Waals surface area contributed by atoms with Gasteiger partial charge in [-0.2, -0.15) is 0 Å². The lowest BCUT2D eigenvalue weighted by Crippen LogP contribution is -1.97. The van der Waals surface area contributed by atoms with Crippen molar-refractivity contribution in [2.24, 2.45) is 0 Å². The first kappa shape index (κ1) is 25.9. The van der Waals surface area contributed by atoms with Gasteiger partial charge in [0.2, 0.25) is 0 Å². The van der Waals surface area contributed by atoms with E-state index in [0.29, 0.717) is 0 Å². The summed E-state index contributed by atoms with van der Waals surface area (Å²) in [6.07, 6.45) is 1.97. The minimum Gasteiger partial charge on any atom is -0.254 e. The summed E-state index contributed by atoms with van der Waals surface area (Å²) < 4.78 is 0. The van der Waals surface area contributed by atoms with Crippen molar-refractivity contribution in [1.29, 1.82) is 0 Å². The van der Waals surface area contributed by atoms with Crippen LogP contribution in [0.4, 0.5) is 0 Å². The summed E-state index contributed by atoms with van der Waals surface area (Å²) in [5.74, 6) is 0. The fraction of sp³-hybridized carbons (Fsp3) is 0.100. The van der Waals surface area contributed by atoms with Crippen LogP contribution >= 0.6 is 0 Å². The summed E-state index contributed by atoms with van der Waals surface area (Å²) in [5, 5.41) is 2.35. The van der Waals surface area contributed by atoms with E-state index >= 15 is 0 Å². The zero-order chi connectivity index (χ0) is 28.8. The molecule has 202 valence electrons. The Morgan fingerprint density at radius 2 is 0.905 bits per heavy atom. The molecular weight excluding hydrogens is 508 g/mol. The maximum absolute atomic E-state index is 5.23. The van der Waals surface area contributed by atoms with Gasteiger partial charge in [0.05, 0.1) is 16.7 Å². The largest absolute Gasteiger partial charge is 0.254 e. The fourth-order valence-electron chi connectivity index (χ4n) is 5.96. The third kappa shape index (κ3) is 4.46. The molecule has 0 unspecified atom stereocenters. The smallest absolute Gasteiger partial charge is 0.0975 e. The molecule has 42 heavy (non-hydrogen) atoms. The van der Waals surface area contributed by atoms with E-state index in [2.05, 4.69) is 143 Å². The highest BCUT2D eigenvalue weighted by atomic mass is 14.8. The first-order valence-electron chi connectivity index (χ1n) is 14.5. The molecule has 2 heterocycles. The first-order valence-corrected chi connectivity index (χ1v) is 14.5. The summed E-state index contributed by atoms with van der Waals surface area (Å²) >= 11 is 0. The van der Waals surface area contributed by atoms with Gasteiger partial charge in [0.15, 0.2) is 0 Å². The van der Waals surface area contributed by atoms with Crippen molar-refractivity contribution >= 4 is 21.8 Å². The molecule has 2 aromatic heterocycles. The molecule has 0 saturated carbocycles. The molecule has 0 amide bonds. The van der Waals surface area contributed by atoms with E-state index in [0.717, 1.165) is 22.3 Å². The standard InChI is InChI=1S/C40H32N2/c1-25-24-41-39-36(26(25)2)20-21-37-27(3)28(4)38(42-40(37)39)31-18-16-30(17-19-31)33-13-9-15-35(23-33)34-14-8-12-32(22-34)29-10-6-5-7-11-29/h5-24H,1-4H3. The van der Waals surface area contributed by atoms with Crippen molar-refractivity contribution in [2.75, 3.05) is 0 Å². The lowest BCUT2D eigenvalue weighted by molar-refractivity contribution is 1.25. The number of fused-ring (bicyclic) bond motifs is 3. The number of rotatable bonds is 4. The van der Waals surface area contributed by atoms with Crippen LogP contribution in [0.3, 0.4) is 0 Å². The molecule has 5 aromatic carbocycles. The number of aryl methyl sites for hydroxylation is 3. The number of benzene rings is 5. The van der Waals surface area contributed by atoms with Crippen LogP contribution in [0.1, 0.15) is 22.3 Å². The highest BCUT2D eigenvalue weighted by Gasteiger charge is 2.15. The molecule has 0 spiro atoms. The molecular formula is C40H32N2. The second kappa shape index (κ2) is 10.4. The Labute approximate surface area is 247 Å². The van der Waals surface area contributed by atoms with Gasteiger partial charge in [-0.1, -0.05) is 103 Å². The third-order valence-corrected chi connectivity index (χ3v) is 8.74. The minimum absolute atomic E-state index is 0.975. The van der Waals surface area contributed by atoms with Crippen molar-refractivity contribution < 1.29 is 0 Å². The second-order valence-electron chi connectivity index (χ2n) is 11.2. The molecule has 7 rings (SSSR count). The predicted octanol–water partition coefficient (Wildman–Crippen LogP) is 10.7. The van der Waals surface area contributed by atoms with Crippen molar-refractivity contribution in [3.05, 3.63) is 144 Å². The average molecular weight is 541 g/mol. The number of nitrogens with zero attached hydrogens (tertiary/aromatic N) is 2. The SMILES string of the molecule is Cc1cnc2c(ccc3c(C)c(C)c(-c4ccc(-c5cccc(-c6cccc(-c7ccccc7)c6)c5)cc4)nc32)c1C. The third-order valence-electron chi connectivity index (χ3n) is 8.74. The molecule has 2 heteroatoms. The van der Waals surface area contributed by atoms with Crippen LogP contribution < -0.4 is 0 Å². The van der Waals surface area contributed by atoms with Gasteiger partial charge >= 0.3 is 0 Å². The van der Waals surface area contributed by atoms with Crippen LogP contribution in [-0.2, 0) is 0 Å². The molecule has 0 N–H and O–H groups in total. The monoisotopic (exact) mass is 540 g/mol. The lowest BCUT2D eigenvalue weighted by Gasteiger charge is -2.15. The lowest BCUT2D eigenvalue weighted by atomic mass is 9.94. The molecule has 0 fully saturated rings. The van der Waals surface area contributed by atoms with Crippen molar-refractivity contribution in [3.63, 3.8) is 0 Å². The van der Waals surface area contributed by atoms with E-state index in [1.165, 1.54) is 66.4 Å². The number of hydrogen-bond acceptors (Lipinski definition) is 2. The Balaban J connectivity index is 1.26. The normalized spacial score (nSPS) is 11.3. The summed E-state index contributed by atoms with van der Waals surface area (Å²) in [4.78, 5) is 10.1. The molecule has 0 aliphatic heterocycles. The van der Waals surface area contributed by atoms with Crippen LogP contribution in [0, 0.1) is 27.7 Å². The number of pyridine rings is 2. The minimum atomic E-state index is 0.975. The maximum atomic E-state index is 5.23.